The van der Waals surface area contributed by atoms with Crippen LogP contribution in [-0.2, 0) is 6.42 Å². The predicted molar refractivity (Wildman–Crippen MR) is 86.7 cm³/mol. The molecule has 3 rings (SSSR count). The van der Waals surface area contributed by atoms with Crippen molar-refractivity contribution < 1.29 is 14.4 Å². The van der Waals surface area contributed by atoms with Crippen molar-refractivity contribution >= 4 is 11.9 Å². The van der Waals surface area contributed by atoms with E-state index in [9.17, 15) is 9.90 Å². The molecule has 2 aromatic rings. The SMILES string of the molecule is CCc1cc(C(=O)N(C)C[C@]2(O)CCN(c3ncccn3)C2)no1. The summed E-state index contributed by atoms with van der Waals surface area (Å²) in [6.45, 7) is 3.17. The van der Waals surface area contributed by atoms with Crippen LogP contribution in [0, 0.1) is 0 Å². The number of nitrogens with zero attached hydrogens (tertiary/aromatic N) is 5. The van der Waals surface area contributed by atoms with Crippen molar-refractivity contribution in [3.63, 3.8) is 0 Å². The maximum absolute atomic E-state index is 12.4. The van der Waals surface area contributed by atoms with E-state index >= 15 is 0 Å². The van der Waals surface area contributed by atoms with Crippen LogP contribution in [0.2, 0.25) is 0 Å². The lowest BCUT2D eigenvalue weighted by atomic mass is 10.0. The summed E-state index contributed by atoms with van der Waals surface area (Å²) in [7, 11) is 1.66. The van der Waals surface area contributed by atoms with E-state index in [2.05, 4.69) is 15.1 Å². The number of hydrogen-bond acceptors (Lipinski definition) is 7. The number of rotatable bonds is 5. The first-order chi connectivity index (χ1) is 11.5. The quantitative estimate of drug-likeness (QED) is 0.863. The smallest absolute Gasteiger partial charge is 0.275 e. The maximum atomic E-state index is 12.4. The number of β-amino-alcohol motifs (C(OH)–C–C–N with tert-alkyl or cyclic N) is 1. The third-order valence-electron chi connectivity index (χ3n) is 4.17. The number of anilines is 1. The van der Waals surface area contributed by atoms with Gasteiger partial charge in [-0.25, -0.2) is 9.97 Å². The molecule has 0 saturated carbocycles. The number of likely N-dealkylation sites (N-methyl/N-ethyl adjacent to an activating group) is 1. The summed E-state index contributed by atoms with van der Waals surface area (Å²) < 4.78 is 5.07. The highest BCUT2D eigenvalue weighted by Crippen LogP contribution is 2.25. The average Bonchev–Trinajstić information content (AvgIpc) is 3.22. The molecule has 8 heteroatoms. The summed E-state index contributed by atoms with van der Waals surface area (Å²) in [4.78, 5) is 24.2. The lowest BCUT2D eigenvalue weighted by Gasteiger charge is -2.28. The molecule has 1 fully saturated rings. The van der Waals surface area contributed by atoms with E-state index in [1.165, 1.54) is 4.90 Å². The zero-order valence-electron chi connectivity index (χ0n) is 13.8. The number of hydrogen-bond donors (Lipinski definition) is 1. The van der Waals surface area contributed by atoms with Gasteiger partial charge < -0.3 is 19.4 Å². The summed E-state index contributed by atoms with van der Waals surface area (Å²) in [5.74, 6) is 0.992. The molecule has 0 radical (unpaired) electrons. The first-order valence-electron chi connectivity index (χ1n) is 7.96. The molecule has 0 aromatic carbocycles. The average molecular weight is 331 g/mol. The molecule has 0 bridgehead atoms. The van der Waals surface area contributed by atoms with Crippen LogP contribution in [0.5, 0.6) is 0 Å². The highest BCUT2D eigenvalue weighted by molar-refractivity contribution is 5.92. The summed E-state index contributed by atoms with van der Waals surface area (Å²) in [6.07, 6.45) is 4.57. The Labute approximate surface area is 140 Å². The van der Waals surface area contributed by atoms with Crippen LogP contribution in [0.4, 0.5) is 5.95 Å². The molecule has 0 aliphatic carbocycles. The summed E-state index contributed by atoms with van der Waals surface area (Å²) >= 11 is 0. The molecular weight excluding hydrogens is 310 g/mol. The first kappa shape index (κ1) is 16.4. The van der Waals surface area contributed by atoms with Gasteiger partial charge in [0.2, 0.25) is 5.95 Å². The zero-order valence-corrected chi connectivity index (χ0v) is 13.8. The van der Waals surface area contributed by atoms with Gasteiger partial charge in [0.25, 0.3) is 5.91 Å². The molecule has 0 unspecified atom stereocenters. The fourth-order valence-corrected chi connectivity index (χ4v) is 2.90. The van der Waals surface area contributed by atoms with Crippen molar-refractivity contribution in [2.24, 2.45) is 0 Å². The van der Waals surface area contributed by atoms with Crippen molar-refractivity contribution in [1.82, 2.24) is 20.0 Å². The molecule has 2 aromatic heterocycles. The largest absolute Gasteiger partial charge is 0.386 e. The van der Waals surface area contributed by atoms with Crippen LogP contribution in [0.25, 0.3) is 0 Å². The fourth-order valence-electron chi connectivity index (χ4n) is 2.90. The lowest BCUT2D eigenvalue weighted by Crippen LogP contribution is -2.46. The van der Waals surface area contributed by atoms with E-state index in [1.807, 2.05) is 11.8 Å². The Morgan fingerprint density at radius 3 is 2.88 bits per heavy atom. The van der Waals surface area contributed by atoms with E-state index in [1.54, 1.807) is 31.6 Å². The molecule has 0 spiro atoms. The molecule has 1 amide bonds. The number of amides is 1. The number of aromatic nitrogens is 3. The second-order valence-corrected chi connectivity index (χ2v) is 6.14. The fraction of sp³-hybridized carbons (Fsp3) is 0.500. The van der Waals surface area contributed by atoms with Gasteiger partial charge in [0.05, 0.1) is 13.1 Å². The second kappa shape index (κ2) is 6.56. The normalized spacial score (nSPS) is 20.4. The summed E-state index contributed by atoms with van der Waals surface area (Å²) in [5, 5.41) is 14.6. The number of aliphatic hydroxyl groups is 1. The second-order valence-electron chi connectivity index (χ2n) is 6.14. The molecule has 1 N–H and O–H groups in total. The van der Waals surface area contributed by atoms with Gasteiger partial charge >= 0.3 is 0 Å². The van der Waals surface area contributed by atoms with Gasteiger partial charge in [0.15, 0.2) is 5.69 Å². The van der Waals surface area contributed by atoms with Crippen molar-refractivity contribution in [3.05, 3.63) is 36.0 Å². The van der Waals surface area contributed by atoms with E-state index in [0.29, 0.717) is 37.6 Å². The molecule has 24 heavy (non-hydrogen) atoms. The van der Waals surface area contributed by atoms with Gasteiger partial charge in [0.1, 0.15) is 11.4 Å². The van der Waals surface area contributed by atoms with Gasteiger partial charge in [-0.15, -0.1) is 0 Å². The maximum Gasteiger partial charge on any atom is 0.275 e. The van der Waals surface area contributed by atoms with E-state index in [0.717, 1.165) is 0 Å². The van der Waals surface area contributed by atoms with Gasteiger partial charge in [-0.3, -0.25) is 4.79 Å². The Morgan fingerprint density at radius 1 is 1.46 bits per heavy atom. The van der Waals surface area contributed by atoms with Gasteiger partial charge in [-0.1, -0.05) is 12.1 Å². The Morgan fingerprint density at radius 2 is 2.21 bits per heavy atom. The van der Waals surface area contributed by atoms with Crippen LogP contribution < -0.4 is 4.90 Å². The van der Waals surface area contributed by atoms with Crippen LogP contribution in [0.1, 0.15) is 29.6 Å². The van der Waals surface area contributed by atoms with Crippen LogP contribution in [-0.4, -0.2) is 63.3 Å². The first-order valence-corrected chi connectivity index (χ1v) is 7.96. The topological polar surface area (TPSA) is 95.6 Å². The molecule has 3 heterocycles. The van der Waals surface area contributed by atoms with Crippen molar-refractivity contribution in [1.29, 1.82) is 0 Å². The van der Waals surface area contributed by atoms with E-state index in [-0.39, 0.29) is 18.1 Å². The highest BCUT2D eigenvalue weighted by atomic mass is 16.5. The minimum absolute atomic E-state index is 0.212. The molecule has 1 atom stereocenters. The molecular formula is C16H21N5O3. The van der Waals surface area contributed by atoms with Gasteiger partial charge in [0, 0.05) is 38.5 Å². The third-order valence-corrected chi connectivity index (χ3v) is 4.17. The Kier molecular flexibility index (Phi) is 4.48. The minimum Gasteiger partial charge on any atom is -0.386 e. The Balaban J connectivity index is 1.63. The standard InChI is InChI=1S/C16H21N5O3/c1-3-12-9-13(19-24-12)14(22)20(2)10-16(23)5-8-21(11-16)15-17-6-4-7-18-15/h4,6-7,9,23H,3,5,8,10-11H2,1-2H3/t16-/m1/s1. The van der Waals surface area contributed by atoms with E-state index in [4.69, 9.17) is 4.52 Å². The highest BCUT2D eigenvalue weighted by Gasteiger charge is 2.39. The third kappa shape index (κ3) is 3.38. The van der Waals surface area contributed by atoms with Crippen molar-refractivity contribution in [3.8, 4) is 0 Å². The number of carbonyl (C=O) groups is 1. The van der Waals surface area contributed by atoms with E-state index < -0.39 is 5.60 Å². The Hall–Kier alpha value is -2.48. The van der Waals surface area contributed by atoms with Gasteiger partial charge in [-0.2, -0.15) is 0 Å². The van der Waals surface area contributed by atoms with Gasteiger partial charge in [-0.05, 0) is 12.5 Å². The summed E-state index contributed by atoms with van der Waals surface area (Å²) in [5.41, 5.74) is -0.736. The molecule has 128 valence electrons. The van der Waals surface area contributed by atoms with Crippen LogP contribution in [0.3, 0.4) is 0 Å². The molecule has 1 aliphatic rings. The number of aryl methyl sites for hydroxylation is 1. The Bertz CT molecular complexity index is 705. The van der Waals surface area contributed by atoms with Crippen LogP contribution >= 0.6 is 0 Å². The molecule has 8 nitrogen and oxygen atoms in total. The monoisotopic (exact) mass is 331 g/mol. The minimum atomic E-state index is -0.999. The number of carbonyl (C=O) groups excluding carboxylic acids is 1. The van der Waals surface area contributed by atoms with Crippen LogP contribution in [0.15, 0.2) is 29.0 Å². The van der Waals surface area contributed by atoms with Crippen molar-refractivity contribution in [2.45, 2.75) is 25.4 Å². The molecule has 1 aliphatic heterocycles. The zero-order chi connectivity index (χ0) is 17.2. The predicted octanol–water partition coefficient (Wildman–Crippen LogP) is 0.740. The summed E-state index contributed by atoms with van der Waals surface area (Å²) in [6, 6.07) is 3.39. The van der Waals surface area contributed by atoms with Crippen molar-refractivity contribution in [2.75, 3.05) is 31.6 Å². The molecule has 1 saturated heterocycles. The lowest BCUT2D eigenvalue weighted by molar-refractivity contribution is 0.0260.